The van der Waals surface area contributed by atoms with Gasteiger partial charge in [-0.3, -0.25) is 9.59 Å². The molecule has 1 saturated carbocycles. The third-order valence-corrected chi connectivity index (χ3v) is 5.57. The Hall–Kier alpha value is -1.21. The Morgan fingerprint density at radius 2 is 2.09 bits per heavy atom. The number of carbonyl (C=O) groups excluding carboxylic acids is 2. The third-order valence-electron chi connectivity index (χ3n) is 4.50. The number of fused-ring (bicyclic) bond motifs is 1. The van der Waals surface area contributed by atoms with Gasteiger partial charge in [0.15, 0.2) is 5.78 Å². The van der Waals surface area contributed by atoms with Gasteiger partial charge in [0.2, 0.25) is 0 Å². The summed E-state index contributed by atoms with van der Waals surface area (Å²) in [7, 11) is 0. The number of hydrogen-bond donors (Lipinski definition) is 0. The predicted molar refractivity (Wildman–Crippen MR) is 95.4 cm³/mol. The molecule has 1 heterocycles. The minimum Gasteiger partial charge on any atom is -0.294 e. The summed E-state index contributed by atoms with van der Waals surface area (Å²) < 4.78 is 2.01. The number of aromatic nitrogens is 2. The Labute approximate surface area is 152 Å². The molecule has 0 N–H and O–H groups in total. The lowest BCUT2D eigenvalue weighted by Crippen LogP contribution is -2.21. The maximum atomic E-state index is 13.1. The van der Waals surface area contributed by atoms with E-state index in [1.165, 1.54) is 4.68 Å². The van der Waals surface area contributed by atoms with E-state index in [1.807, 2.05) is 34.7 Å². The van der Waals surface area contributed by atoms with Crippen LogP contribution in [0, 0.1) is 3.70 Å². The SMILES string of the molecule is O=C1CCCc2c1c(I)nn2C(=O)c1c(Cl)cccc1C1CC1. The van der Waals surface area contributed by atoms with E-state index in [0.717, 1.165) is 30.5 Å². The number of halogens is 2. The van der Waals surface area contributed by atoms with Crippen molar-refractivity contribution in [2.24, 2.45) is 0 Å². The van der Waals surface area contributed by atoms with Gasteiger partial charge in [-0.15, -0.1) is 0 Å². The topological polar surface area (TPSA) is 52.0 Å². The summed E-state index contributed by atoms with van der Waals surface area (Å²) in [5.74, 6) is 0.280. The molecular weight excluding hydrogens is 427 g/mol. The van der Waals surface area contributed by atoms with Gasteiger partial charge < -0.3 is 0 Å². The van der Waals surface area contributed by atoms with Gasteiger partial charge in [0.05, 0.1) is 21.8 Å². The molecule has 2 aliphatic carbocycles. The third kappa shape index (κ3) is 2.54. The molecular formula is C17H14ClIN2O2. The van der Waals surface area contributed by atoms with Gasteiger partial charge in [-0.1, -0.05) is 23.7 Å². The first-order valence-corrected chi connectivity index (χ1v) is 9.17. The van der Waals surface area contributed by atoms with E-state index < -0.39 is 0 Å². The molecule has 0 atom stereocenters. The average Bonchev–Trinajstić information content (AvgIpc) is 3.31. The van der Waals surface area contributed by atoms with Crippen LogP contribution in [0.2, 0.25) is 5.02 Å². The molecule has 23 heavy (non-hydrogen) atoms. The molecule has 0 saturated heterocycles. The standard InChI is InChI=1S/C17H14ClIN2O2/c18-11-4-1-3-10(9-7-8-9)14(11)17(23)21-12-5-2-6-13(22)15(12)16(19)20-21/h1,3-4,9H,2,5-8H2. The highest BCUT2D eigenvalue weighted by atomic mass is 127. The average molecular weight is 441 g/mol. The van der Waals surface area contributed by atoms with E-state index in [2.05, 4.69) is 5.10 Å². The number of benzene rings is 1. The molecule has 0 spiro atoms. The van der Waals surface area contributed by atoms with Crippen molar-refractivity contribution in [2.75, 3.05) is 0 Å². The Bertz CT molecular complexity index is 839. The number of ketones is 1. The second-order valence-corrected chi connectivity index (χ2v) is 7.51. The minimum atomic E-state index is -0.216. The fraction of sp³-hybridized carbons (Fsp3) is 0.353. The Morgan fingerprint density at radius 1 is 1.30 bits per heavy atom. The van der Waals surface area contributed by atoms with Crippen molar-refractivity contribution in [2.45, 2.75) is 38.0 Å². The lowest BCUT2D eigenvalue weighted by molar-refractivity contribution is 0.0938. The summed E-state index contributed by atoms with van der Waals surface area (Å²) in [5.41, 5.74) is 2.89. The molecule has 2 aliphatic rings. The summed E-state index contributed by atoms with van der Waals surface area (Å²) in [6, 6.07) is 5.61. The second-order valence-electron chi connectivity index (χ2n) is 6.08. The van der Waals surface area contributed by atoms with Crippen molar-refractivity contribution in [3.05, 3.63) is 49.3 Å². The molecule has 1 fully saturated rings. The molecule has 2 aromatic rings. The van der Waals surface area contributed by atoms with E-state index in [9.17, 15) is 9.59 Å². The summed E-state index contributed by atoms with van der Waals surface area (Å²) in [4.78, 5) is 25.2. The fourth-order valence-electron chi connectivity index (χ4n) is 3.25. The molecule has 1 aromatic heterocycles. The zero-order chi connectivity index (χ0) is 16.1. The molecule has 118 valence electrons. The summed E-state index contributed by atoms with van der Waals surface area (Å²) in [6.45, 7) is 0. The van der Waals surface area contributed by atoms with Crippen LogP contribution in [0.25, 0.3) is 0 Å². The lowest BCUT2D eigenvalue weighted by atomic mass is 9.96. The first-order chi connectivity index (χ1) is 11.1. The minimum absolute atomic E-state index is 0.0799. The first-order valence-electron chi connectivity index (χ1n) is 7.71. The Balaban J connectivity index is 1.85. The van der Waals surface area contributed by atoms with Gasteiger partial charge in [-0.25, -0.2) is 0 Å². The van der Waals surface area contributed by atoms with Gasteiger partial charge in [-0.2, -0.15) is 9.78 Å². The van der Waals surface area contributed by atoms with Crippen LogP contribution in [0.3, 0.4) is 0 Å². The maximum Gasteiger partial charge on any atom is 0.280 e. The van der Waals surface area contributed by atoms with Crippen molar-refractivity contribution < 1.29 is 9.59 Å². The van der Waals surface area contributed by atoms with Crippen molar-refractivity contribution in [3.8, 4) is 0 Å². The van der Waals surface area contributed by atoms with Crippen LogP contribution in [0.15, 0.2) is 18.2 Å². The maximum absolute atomic E-state index is 13.1. The number of carbonyl (C=O) groups is 2. The van der Waals surface area contributed by atoms with E-state index in [4.69, 9.17) is 11.6 Å². The zero-order valence-corrected chi connectivity index (χ0v) is 15.2. The van der Waals surface area contributed by atoms with Gasteiger partial charge in [0.25, 0.3) is 5.91 Å². The Morgan fingerprint density at radius 3 is 2.83 bits per heavy atom. The summed E-state index contributed by atoms with van der Waals surface area (Å²) >= 11 is 8.37. The van der Waals surface area contributed by atoms with Gasteiger partial charge in [-0.05, 0) is 65.8 Å². The van der Waals surface area contributed by atoms with Gasteiger partial charge >= 0.3 is 0 Å². The highest BCUT2D eigenvalue weighted by molar-refractivity contribution is 14.1. The normalized spacial score (nSPS) is 17.2. The van der Waals surface area contributed by atoms with Crippen LogP contribution >= 0.6 is 34.2 Å². The van der Waals surface area contributed by atoms with E-state index >= 15 is 0 Å². The highest BCUT2D eigenvalue weighted by Crippen LogP contribution is 2.43. The Kier molecular flexibility index (Phi) is 3.80. The van der Waals surface area contributed by atoms with Crippen molar-refractivity contribution in [1.29, 1.82) is 0 Å². The van der Waals surface area contributed by atoms with Crippen LogP contribution in [-0.2, 0) is 6.42 Å². The van der Waals surface area contributed by atoms with E-state index in [-0.39, 0.29) is 11.7 Å². The first kappa shape index (κ1) is 15.3. The number of nitrogens with zero attached hydrogens (tertiary/aromatic N) is 2. The number of Topliss-reactive ketones (excluding diaryl/α,β-unsaturated/α-hetero) is 1. The van der Waals surface area contributed by atoms with Crippen LogP contribution in [0.4, 0.5) is 0 Å². The van der Waals surface area contributed by atoms with E-state index in [0.29, 0.717) is 38.6 Å². The quantitative estimate of drug-likeness (QED) is 0.657. The van der Waals surface area contributed by atoms with Crippen LogP contribution < -0.4 is 0 Å². The fourth-order valence-corrected chi connectivity index (χ4v) is 4.34. The van der Waals surface area contributed by atoms with Gasteiger partial charge in [0, 0.05) is 6.42 Å². The van der Waals surface area contributed by atoms with Crippen molar-refractivity contribution in [1.82, 2.24) is 9.78 Å². The number of rotatable bonds is 2. The second kappa shape index (κ2) is 5.70. The molecule has 4 nitrogen and oxygen atoms in total. The molecule has 0 bridgehead atoms. The molecule has 6 heteroatoms. The molecule has 0 aliphatic heterocycles. The zero-order valence-electron chi connectivity index (χ0n) is 12.3. The molecule has 0 amide bonds. The summed E-state index contributed by atoms with van der Waals surface area (Å²) in [5, 5.41) is 4.81. The molecule has 4 rings (SSSR count). The predicted octanol–water partition coefficient (Wildman–Crippen LogP) is 4.23. The van der Waals surface area contributed by atoms with Crippen molar-refractivity contribution >= 4 is 45.9 Å². The van der Waals surface area contributed by atoms with Crippen LogP contribution in [-0.4, -0.2) is 21.5 Å². The lowest BCUT2D eigenvalue weighted by Gasteiger charge is -2.14. The monoisotopic (exact) mass is 440 g/mol. The van der Waals surface area contributed by atoms with Gasteiger partial charge in [0.1, 0.15) is 3.70 Å². The smallest absolute Gasteiger partial charge is 0.280 e. The molecule has 0 unspecified atom stereocenters. The summed E-state index contributed by atoms with van der Waals surface area (Å²) in [6.07, 6.45) is 4.18. The number of hydrogen-bond acceptors (Lipinski definition) is 3. The van der Waals surface area contributed by atoms with Crippen LogP contribution in [0.5, 0.6) is 0 Å². The van der Waals surface area contributed by atoms with Crippen molar-refractivity contribution in [3.63, 3.8) is 0 Å². The highest BCUT2D eigenvalue weighted by Gasteiger charge is 2.33. The van der Waals surface area contributed by atoms with E-state index in [1.54, 1.807) is 6.07 Å². The molecule has 1 aromatic carbocycles. The molecule has 0 radical (unpaired) electrons. The van der Waals surface area contributed by atoms with Crippen LogP contribution in [0.1, 0.15) is 63.6 Å². The largest absolute Gasteiger partial charge is 0.294 e.